The molecule has 92 valence electrons. The average Bonchev–Trinajstić information content (AvgIpc) is 2.71. The minimum Gasteiger partial charge on any atom is -0.370 e. The van der Waals surface area contributed by atoms with Crippen LogP contribution in [0.15, 0.2) is 41.0 Å². The van der Waals surface area contributed by atoms with Gasteiger partial charge in [-0.15, -0.1) is 0 Å². The molecule has 1 aliphatic heterocycles. The van der Waals surface area contributed by atoms with Crippen molar-refractivity contribution in [2.45, 2.75) is 12.6 Å². The lowest BCUT2D eigenvalue weighted by Gasteiger charge is -2.25. The number of hydrogen-bond donors (Lipinski definition) is 4. The molecule has 0 aliphatic carbocycles. The van der Waals surface area contributed by atoms with Crippen LogP contribution in [0.4, 0.5) is 0 Å². The molecule has 6 N–H and O–H groups in total. The van der Waals surface area contributed by atoms with E-state index in [9.17, 15) is 0 Å². The Bertz CT molecular complexity index is 615. The van der Waals surface area contributed by atoms with E-state index >= 15 is 0 Å². The molecular formula is C12H14N6. The van der Waals surface area contributed by atoms with Gasteiger partial charge in [0.15, 0.2) is 17.4 Å². The van der Waals surface area contributed by atoms with Crippen molar-refractivity contribution in [1.29, 1.82) is 0 Å². The molecule has 2 aromatic rings. The first-order valence-corrected chi connectivity index (χ1v) is 5.63. The number of allylic oxidation sites excluding steroid dienone is 1. The lowest BCUT2D eigenvalue weighted by molar-refractivity contribution is 0.541. The number of nitrogens with one attached hydrogen (secondary N) is 2. The minimum absolute atomic E-state index is 0.290. The van der Waals surface area contributed by atoms with E-state index in [0.29, 0.717) is 5.82 Å². The summed E-state index contributed by atoms with van der Waals surface area (Å²) in [6.45, 7) is 1.88. The number of para-hydroxylation sites is 2. The normalized spacial score (nSPS) is 23.4. The van der Waals surface area contributed by atoms with E-state index in [2.05, 4.69) is 20.3 Å². The summed E-state index contributed by atoms with van der Waals surface area (Å²) >= 11 is 0. The van der Waals surface area contributed by atoms with Gasteiger partial charge in [0.05, 0.1) is 11.0 Å². The molecule has 0 radical (unpaired) electrons. The highest BCUT2D eigenvalue weighted by Crippen LogP contribution is 2.24. The predicted octanol–water partition coefficient (Wildman–Crippen LogP) is 0.496. The third kappa shape index (κ3) is 1.63. The molecule has 1 aliphatic rings. The third-order valence-electron chi connectivity index (χ3n) is 2.84. The summed E-state index contributed by atoms with van der Waals surface area (Å²) < 4.78 is 0. The van der Waals surface area contributed by atoms with Crippen molar-refractivity contribution in [1.82, 2.24) is 15.3 Å². The lowest BCUT2D eigenvalue weighted by atomic mass is 10.1. The first-order chi connectivity index (χ1) is 8.57. The standard InChI is InChI=1S/C12H14N6/c1-7-6-12(14,18-11(13)15-7)10-16-8-4-2-3-5-9(8)17-10/h2-6H,14H2,1H3,(H,16,17)(H3,13,15,18). The Morgan fingerprint density at radius 1 is 1.28 bits per heavy atom. The SMILES string of the molecule is CC1=CC(N)(c2nc3ccccc3[nH]2)N=C(N)N1. The van der Waals surface area contributed by atoms with E-state index in [-0.39, 0.29) is 5.96 Å². The van der Waals surface area contributed by atoms with Crippen molar-refractivity contribution in [3.05, 3.63) is 41.9 Å². The van der Waals surface area contributed by atoms with Crippen LogP contribution in [0, 0.1) is 0 Å². The van der Waals surface area contributed by atoms with Gasteiger partial charge in [-0.3, -0.25) is 5.73 Å². The third-order valence-corrected chi connectivity index (χ3v) is 2.84. The molecule has 0 saturated heterocycles. The van der Waals surface area contributed by atoms with Gasteiger partial charge < -0.3 is 16.0 Å². The topological polar surface area (TPSA) is 105 Å². The molecule has 6 heteroatoms. The van der Waals surface area contributed by atoms with Crippen LogP contribution < -0.4 is 16.8 Å². The number of imidazole rings is 1. The lowest BCUT2D eigenvalue weighted by Crippen LogP contribution is -2.44. The summed E-state index contributed by atoms with van der Waals surface area (Å²) in [5.41, 5.74) is 13.5. The molecule has 0 spiro atoms. The van der Waals surface area contributed by atoms with Gasteiger partial charge in [-0.1, -0.05) is 12.1 Å². The minimum atomic E-state index is -1.04. The van der Waals surface area contributed by atoms with Gasteiger partial charge in [0.2, 0.25) is 0 Å². The highest BCUT2D eigenvalue weighted by atomic mass is 15.2. The molecule has 6 nitrogen and oxygen atoms in total. The summed E-state index contributed by atoms with van der Waals surface area (Å²) in [6.07, 6.45) is 1.79. The number of aromatic nitrogens is 2. The van der Waals surface area contributed by atoms with Crippen LogP contribution in [-0.2, 0) is 5.66 Å². The predicted molar refractivity (Wildman–Crippen MR) is 70.5 cm³/mol. The number of nitrogens with zero attached hydrogens (tertiary/aromatic N) is 2. The van der Waals surface area contributed by atoms with Crippen LogP contribution >= 0.6 is 0 Å². The number of aromatic amines is 1. The van der Waals surface area contributed by atoms with E-state index in [1.165, 1.54) is 0 Å². The number of nitrogens with two attached hydrogens (primary N) is 2. The van der Waals surface area contributed by atoms with Crippen molar-refractivity contribution in [3.8, 4) is 0 Å². The molecule has 1 aromatic heterocycles. The van der Waals surface area contributed by atoms with Crippen molar-refractivity contribution < 1.29 is 0 Å². The second-order valence-electron chi connectivity index (χ2n) is 4.38. The molecule has 0 fully saturated rings. The van der Waals surface area contributed by atoms with E-state index in [4.69, 9.17) is 11.5 Å². The average molecular weight is 242 g/mol. The fourth-order valence-corrected chi connectivity index (χ4v) is 2.09. The second kappa shape index (κ2) is 3.58. The van der Waals surface area contributed by atoms with Gasteiger partial charge in [0.1, 0.15) is 0 Å². The molecule has 0 saturated carbocycles. The Morgan fingerprint density at radius 2 is 2.06 bits per heavy atom. The first-order valence-electron chi connectivity index (χ1n) is 5.63. The Kier molecular flexibility index (Phi) is 2.14. The van der Waals surface area contributed by atoms with Gasteiger partial charge in [-0.2, -0.15) is 0 Å². The van der Waals surface area contributed by atoms with Gasteiger partial charge in [0, 0.05) is 5.70 Å². The number of guanidine groups is 1. The molecule has 0 amide bonds. The van der Waals surface area contributed by atoms with E-state index in [1.807, 2.05) is 31.2 Å². The summed E-state index contributed by atoms with van der Waals surface area (Å²) in [5, 5.41) is 2.91. The maximum atomic E-state index is 6.25. The van der Waals surface area contributed by atoms with E-state index < -0.39 is 5.66 Å². The number of H-pyrrole nitrogens is 1. The summed E-state index contributed by atoms with van der Waals surface area (Å²) in [4.78, 5) is 11.9. The maximum absolute atomic E-state index is 6.25. The van der Waals surface area contributed by atoms with Crippen molar-refractivity contribution in [2.75, 3.05) is 0 Å². The van der Waals surface area contributed by atoms with Gasteiger partial charge in [0.25, 0.3) is 0 Å². The van der Waals surface area contributed by atoms with Crippen LogP contribution in [0.2, 0.25) is 0 Å². The number of hydrogen-bond acceptors (Lipinski definition) is 5. The Balaban J connectivity index is 2.16. The Morgan fingerprint density at radius 3 is 2.78 bits per heavy atom. The number of fused-ring (bicyclic) bond motifs is 1. The number of rotatable bonds is 1. The Hall–Kier alpha value is -2.34. The zero-order valence-corrected chi connectivity index (χ0v) is 9.94. The van der Waals surface area contributed by atoms with Gasteiger partial charge in [-0.25, -0.2) is 9.98 Å². The quantitative estimate of drug-likeness (QED) is 0.584. The summed E-state index contributed by atoms with van der Waals surface area (Å²) in [7, 11) is 0. The Labute approximate surface area is 104 Å². The van der Waals surface area contributed by atoms with E-state index in [1.54, 1.807) is 6.08 Å². The molecule has 1 atom stereocenters. The first kappa shape index (κ1) is 10.8. The highest BCUT2D eigenvalue weighted by molar-refractivity contribution is 5.82. The fraction of sp³-hybridized carbons (Fsp3) is 0.167. The zero-order chi connectivity index (χ0) is 12.8. The van der Waals surface area contributed by atoms with E-state index in [0.717, 1.165) is 16.7 Å². The van der Waals surface area contributed by atoms with Crippen LogP contribution in [0.3, 0.4) is 0 Å². The molecule has 1 unspecified atom stereocenters. The van der Waals surface area contributed by atoms with Crippen molar-refractivity contribution >= 4 is 17.0 Å². The molecule has 0 bridgehead atoms. The summed E-state index contributed by atoms with van der Waals surface area (Å²) in [6, 6.07) is 7.73. The van der Waals surface area contributed by atoms with Crippen molar-refractivity contribution in [2.24, 2.45) is 16.5 Å². The number of aliphatic imine (C=N–C) groups is 1. The molecule has 1 aromatic carbocycles. The maximum Gasteiger partial charge on any atom is 0.195 e. The largest absolute Gasteiger partial charge is 0.370 e. The van der Waals surface area contributed by atoms with Crippen molar-refractivity contribution in [3.63, 3.8) is 0 Å². The molecular weight excluding hydrogens is 228 g/mol. The highest BCUT2D eigenvalue weighted by Gasteiger charge is 2.31. The summed E-state index contributed by atoms with van der Waals surface area (Å²) in [5.74, 6) is 0.866. The van der Waals surface area contributed by atoms with Gasteiger partial charge in [-0.05, 0) is 25.1 Å². The fourth-order valence-electron chi connectivity index (χ4n) is 2.09. The molecule has 3 rings (SSSR count). The zero-order valence-electron chi connectivity index (χ0n) is 9.94. The second-order valence-corrected chi connectivity index (χ2v) is 4.38. The molecule has 18 heavy (non-hydrogen) atoms. The van der Waals surface area contributed by atoms with Crippen LogP contribution in [0.5, 0.6) is 0 Å². The van der Waals surface area contributed by atoms with Crippen LogP contribution in [0.25, 0.3) is 11.0 Å². The van der Waals surface area contributed by atoms with Crippen LogP contribution in [-0.4, -0.2) is 15.9 Å². The van der Waals surface area contributed by atoms with Gasteiger partial charge >= 0.3 is 0 Å². The van der Waals surface area contributed by atoms with Crippen LogP contribution in [0.1, 0.15) is 12.7 Å². The number of benzene rings is 1. The monoisotopic (exact) mass is 242 g/mol. The smallest absolute Gasteiger partial charge is 0.195 e. The molecule has 2 heterocycles.